The van der Waals surface area contributed by atoms with Crippen molar-refractivity contribution in [3.63, 3.8) is 0 Å². The van der Waals surface area contributed by atoms with Crippen LogP contribution < -0.4 is 4.72 Å². The van der Waals surface area contributed by atoms with E-state index in [0.717, 1.165) is 0 Å². The Morgan fingerprint density at radius 3 is 2.84 bits per heavy atom. The van der Waals surface area contributed by atoms with Crippen molar-refractivity contribution in [1.29, 1.82) is 0 Å². The lowest BCUT2D eigenvalue weighted by Crippen LogP contribution is -2.39. The quantitative estimate of drug-likeness (QED) is 0.861. The summed E-state index contributed by atoms with van der Waals surface area (Å²) in [4.78, 5) is 0.137. The fourth-order valence-electron chi connectivity index (χ4n) is 2.00. The molecule has 0 aromatic heterocycles. The fourth-order valence-corrected chi connectivity index (χ4v) is 4.35. The van der Waals surface area contributed by atoms with E-state index in [2.05, 4.69) is 20.7 Å². The van der Waals surface area contributed by atoms with Crippen LogP contribution >= 0.6 is 15.9 Å². The molecule has 1 fully saturated rings. The lowest BCUT2D eigenvalue weighted by molar-refractivity contribution is 0.117. The summed E-state index contributed by atoms with van der Waals surface area (Å²) in [6.45, 7) is 2.21. The normalized spacial score (nSPS) is 23.7. The van der Waals surface area contributed by atoms with Crippen LogP contribution in [0.4, 0.5) is 0 Å². The van der Waals surface area contributed by atoms with Crippen LogP contribution in [-0.4, -0.2) is 32.3 Å². The van der Waals surface area contributed by atoms with Gasteiger partial charge in [-0.2, -0.15) is 0 Å². The maximum Gasteiger partial charge on any atom is 0.242 e. The largest absolute Gasteiger partial charge is 0.392 e. The molecular weight excluding hydrogens is 334 g/mol. The van der Waals surface area contributed by atoms with Gasteiger partial charge in [0.05, 0.1) is 23.6 Å². The zero-order valence-corrected chi connectivity index (χ0v) is 12.9. The zero-order valence-electron chi connectivity index (χ0n) is 10.5. The lowest BCUT2D eigenvalue weighted by atomic mass is 10.2. The highest BCUT2D eigenvalue weighted by atomic mass is 79.9. The van der Waals surface area contributed by atoms with E-state index in [-0.39, 0.29) is 23.6 Å². The summed E-state index contributed by atoms with van der Waals surface area (Å²) in [6.07, 6.45) is 0.534. The third-order valence-electron chi connectivity index (χ3n) is 3.15. The van der Waals surface area contributed by atoms with Gasteiger partial charge >= 0.3 is 0 Å². The molecule has 1 saturated heterocycles. The number of rotatable bonds is 4. The summed E-state index contributed by atoms with van der Waals surface area (Å²) in [6, 6.07) is 4.54. The molecular formula is C12H16BrNO4S. The highest BCUT2D eigenvalue weighted by Gasteiger charge is 2.30. The SMILES string of the molecule is CC1OCCC1NS(=O)(=O)c1cc(CO)ccc1Br. The maximum absolute atomic E-state index is 12.3. The first-order valence-electron chi connectivity index (χ1n) is 5.97. The van der Waals surface area contributed by atoms with E-state index in [9.17, 15) is 8.42 Å². The highest BCUT2D eigenvalue weighted by Crippen LogP contribution is 2.25. The van der Waals surface area contributed by atoms with E-state index in [1.165, 1.54) is 6.07 Å². The van der Waals surface area contributed by atoms with Crippen LogP contribution in [0.1, 0.15) is 18.9 Å². The van der Waals surface area contributed by atoms with Crippen LogP contribution in [0.5, 0.6) is 0 Å². The second-order valence-electron chi connectivity index (χ2n) is 4.52. The molecule has 19 heavy (non-hydrogen) atoms. The van der Waals surface area contributed by atoms with Gasteiger partial charge in [-0.3, -0.25) is 0 Å². The summed E-state index contributed by atoms with van der Waals surface area (Å²) in [5.74, 6) is 0. The minimum atomic E-state index is -3.63. The molecule has 1 aromatic carbocycles. The summed E-state index contributed by atoms with van der Waals surface area (Å²) in [5.41, 5.74) is 0.555. The lowest BCUT2D eigenvalue weighted by Gasteiger charge is -2.17. The fraction of sp³-hybridized carbons (Fsp3) is 0.500. The van der Waals surface area contributed by atoms with E-state index in [0.29, 0.717) is 23.1 Å². The van der Waals surface area contributed by atoms with Gasteiger partial charge < -0.3 is 9.84 Å². The van der Waals surface area contributed by atoms with E-state index in [1.807, 2.05) is 6.92 Å². The highest BCUT2D eigenvalue weighted by molar-refractivity contribution is 9.10. The second kappa shape index (κ2) is 5.88. The number of halogens is 1. The molecule has 2 unspecified atom stereocenters. The molecule has 0 amide bonds. The standard InChI is InChI=1S/C12H16BrNO4S/c1-8-11(4-5-18-8)14-19(16,17)12-6-9(7-15)2-3-10(12)13/h2-3,6,8,11,14-15H,4-5,7H2,1H3. The van der Waals surface area contributed by atoms with Crippen molar-refractivity contribution in [2.45, 2.75) is 37.0 Å². The summed E-state index contributed by atoms with van der Waals surface area (Å²) < 4.78 is 33.2. The molecule has 106 valence electrons. The predicted molar refractivity (Wildman–Crippen MR) is 74.2 cm³/mol. The first-order chi connectivity index (χ1) is 8.94. The Morgan fingerprint density at radius 1 is 1.53 bits per heavy atom. The van der Waals surface area contributed by atoms with Crippen molar-refractivity contribution < 1.29 is 18.3 Å². The second-order valence-corrected chi connectivity index (χ2v) is 7.05. The molecule has 2 rings (SSSR count). The molecule has 0 spiro atoms. The molecule has 2 N–H and O–H groups in total. The van der Waals surface area contributed by atoms with Crippen LogP contribution in [0.3, 0.4) is 0 Å². The van der Waals surface area contributed by atoms with Gasteiger partial charge in [-0.15, -0.1) is 0 Å². The molecule has 7 heteroatoms. The molecule has 2 atom stereocenters. The third-order valence-corrected chi connectivity index (χ3v) is 5.63. The van der Waals surface area contributed by atoms with Gasteiger partial charge in [0, 0.05) is 11.1 Å². The number of hydrogen-bond acceptors (Lipinski definition) is 4. The van der Waals surface area contributed by atoms with E-state index < -0.39 is 10.0 Å². The number of ether oxygens (including phenoxy) is 1. The summed E-state index contributed by atoms with van der Waals surface area (Å²) in [7, 11) is -3.63. The van der Waals surface area contributed by atoms with Gasteiger partial charge in [0.15, 0.2) is 0 Å². The van der Waals surface area contributed by atoms with Gasteiger partial charge in [-0.1, -0.05) is 6.07 Å². The van der Waals surface area contributed by atoms with Gasteiger partial charge in [-0.05, 0) is 47.0 Å². The number of aliphatic hydroxyl groups excluding tert-OH is 1. The number of benzene rings is 1. The minimum absolute atomic E-state index is 0.130. The monoisotopic (exact) mass is 349 g/mol. The topological polar surface area (TPSA) is 75.6 Å². The zero-order chi connectivity index (χ0) is 14.0. The number of nitrogens with one attached hydrogen (secondary N) is 1. The van der Waals surface area contributed by atoms with Gasteiger partial charge in [0.1, 0.15) is 0 Å². The van der Waals surface area contributed by atoms with Crippen LogP contribution in [0.15, 0.2) is 27.6 Å². The molecule has 0 radical (unpaired) electrons. The van der Waals surface area contributed by atoms with E-state index in [1.54, 1.807) is 12.1 Å². The third kappa shape index (κ3) is 3.35. The van der Waals surface area contributed by atoms with Crippen LogP contribution in [-0.2, 0) is 21.4 Å². The van der Waals surface area contributed by atoms with Crippen LogP contribution in [0.2, 0.25) is 0 Å². The van der Waals surface area contributed by atoms with Crippen LogP contribution in [0, 0.1) is 0 Å². The minimum Gasteiger partial charge on any atom is -0.392 e. The van der Waals surface area contributed by atoms with Gasteiger partial charge in [0.2, 0.25) is 10.0 Å². The Hall–Kier alpha value is -0.470. The van der Waals surface area contributed by atoms with Crippen molar-refractivity contribution >= 4 is 26.0 Å². The Bertz CT molecular complexity index is 561. The number of sulfonamides is 1. The molecule has 0 aliphatic carbocycles. The van der Waals surface area contributed by atoms with Crippen LogP contribution in [0.25, 0.3) is 0 Å². The van der Waals surface area contributed by atoms with Crippen molar-refractivity contribution in [2.24, 2.45) is 0 Å². The Balaban J connectivity index is 2.28. The molecule has 1 aliphatic heterocycles. The summed E-state index contributed by atoms with van der Waals surface area (Å²) in [5, 5.41) is 9.09. The molecule has 0 saturated carbocycles. The smallest absolute Gasteiger partial charge is 0.242 e. The Labute approximate surface area is 121 Å². The van der Waals surface area contributed by atoms with Gasteiger partial charge in [0.25, 0.3) is 0 Å². The maximum atomic E-state index is 12.3. The van der Waals surface area contributed by atoms with Crippen molar-refractivity contribution in [1.82, 2.24) is 4.72 Å². The number of aliphatic hydroxyl groups is 1. The van der Waals surface area contributed by atoms with Crippen molar-refractivity contribution in [3.05, 3.63) is 28.2 Å². The predicted octanol–water partition coefficient (Wildman–Crippen LogP) is 1.40. The first kappa shape index (κ1) is 14.9. The van der Waals surface area contributed by atoms with Gasteiger partial charge in [-0.25, -0.2) is 13.1 Å². The Kier molecular flexibility index (Phi) is 4.62. The Morgan fingerprint density at radius 2 is 2.26 bits per heavy atom. The van der Waals surface area contributed by atoms with Crippen molar-refractivity contribution in [3.8, 4) is 0 Å². The van der Waals surface area contributed by atoms with E-state index in [4.69, 9.17) is 9.84 Å². The van der Waals surface area contributed by atoms with Crippen molar-refractivity contribution in [2.75, 3.05) is 6.61 Å². The average Bonchev–Trinajstić information content (AvgIpc) is 2.75. The van der Waals surface area contributed by atoms with E-state index >= 15 is 0 Å². The molecule has 1 heterocycles. The first-order valence-corrected chi connectivity index (χ1v) is 8.25. The molecule has 0 bridgehead atoms. The molecule has 5 nitrogen and oxygen atoms in total. The molecule has 1 aromatic rings. The molecule has 1 aliphatic rings. The summed E-state index contributed by atoms with van der Waals surface area (Å²) >= 11 is 3.23. The average molecular weight is 350 g/mol. The number of hydrogen-bond donors (Lipinski definition) is 2.